The number of amides is 2. The number of fused-ring (bicyclic) bond motifs is 1. The number of para-hydroxylation sites is 1. The summed E-state index contributed by atoms with van der Waals surface area (Å²) < 4.78 is 23.3. The van der Waals surface area contributed by atoms with E-state index in [0.717, 1.165) is 16.5 Å². The molecule has 1 aliphatic heterocycles. The molecule has 1 saturated heterocycles. The summed E-state index contributed by atoms with van der Waals surface area (Å²) >= 11 is 0. The second-order valence-corrected chi connectivity index (χ2v) is 9.10. The van der Waals surface area contributed by atoms with E-state index < -0.39 is 9.84 Å². The van der Waals surface area contributed by atoms with Gasteiger partial charge in [0.2, 0.25) is 11.8 Å². The first kappa shape index (κ1) is 19.4. The number of aromatic nitrogens is 1. The van der Waals surface area contributed by atoms with Gasteiger partial charge in [-0.15, -0.1) is 0 Å². The Morgan fingerprint density at radius 3 is 2.78 bits per heavy atom. The fourth-order valence-electron chi connectivity index (χ4n) is 3.64. The first-order valence-electron chi connectivity index (χ1n) is 9.21. The van der Waals surface area contributed by atoms with Gasteiger partial charge >= 0.3 is 0 Å². The van der Waals surface area contributed by atoms with E-state index in [4.69, 9.17) is 0 Å². The summed E-state index contributed by atoms with van der Waals surface area (Å²) in [6.45, 7) is 2.65. The van der Waals surface area contributed by atoms with E-state index in [2.05, 4.69) is 10.3 Å². The molecule has 0 spiro atoms. The monoisotopic (exact) mass is 391 g/mol. The molecule has 1 aromatic heterocycles. The van der Waals surface area contributed by atoms with Gasteiger partial charge in [0.1, 0.15) is 6.42 Å². The van der Waals surface area contributed by atoms with E-state index in [1.807, 2.05) is 30.5 Å². The minimum absolute atomic E-state index is 0.00520. The molecule has 1 fully saturated rings. The van der Waals surface area contributed by atoms with Crippen molar-refractivity contribution in [1.29, 1.82) is 0 Å². The SMILES string of the molecule is CCN(C(=O)CC(=O)NCCc1c[nH]c2ccccc12)C1CCS(=O)(=O)C1. The lowest BCUT2D eigenvalue weighted by Gasteiger charge is -2.26. The number of nitrogens with one attached hydrogen (secondary N) is 2. The molecule has 0 radical (unpaired) electrons. The summed E-state index contributed by atoms with van der Waals surface area (Å²) in [5, 5.41) is 3.91. The zero-order valence-corrected chi connectivity index (χ0v) is 16.2. The molecule has 2 N–H and O–H groups in total. The lowest BCUT2D eigenvalue weighted by atomic mass is 10.1. The van der Waals surface area contributed by atoms with E-state index in [1.165, 1.54) is 4.90 Å². The van der Waals surface area contributed by atoms with E-state index in [1.54, 1.807) is 6.92 Å². The Labute approximate surface area is 159 Å². The number of carbonyl (C=O) groups excluding carboxylic acids is 2. The van der Waals surface area contributed by atoms with E-state index in [9.17, 15) is 18.0 Å². The molecule has 0 aliphatic carbocycles. The summed E-state index contributed by atoms with van der Waals surface area (Å²) in [6, 6.07) is 7.65. The third kappa shape index (κ3) is 4.68. The summed E-state index contributed by atoms with van der Waals surface area (Å²) in [5.74, 6) is -0.545. The fourth-order valence-corrected chi connectivity index (χ4v) is 5.37. The third-order valence-corrected chi connectivity index (χ3v) is 6.76. The van der Waals surface area contributed by atoms with Crippen LogP contribution in [0.2, 0.25) is 0 Å². The average molecular weight is 391 g/mol. The lowest BCUT2D eigenvalue weighted by molar-refractivity contribution is -0.137. The molecule has 0 bridgehead atoms. The van der Waals surface area contributed by atoms with Crippen molar-refractivity contribution < 1.29 is 18.0 Å². The molecule has 0 saturated carbocycles. The maximum Gasteiger partial charge on any atom is 0.232 e. The van der Waals surface area contributed by atoms with Gasteiger partial charge in [0, 0.05) is 36.2 Å². The fraction of sp³-hybridized carbons (Fsp3) is 0.474. The summed E-state index contributed by atoms with van der Waals surface area (Å²) in [7, 11) is -3.07. The molecule has 146 valence electrons. The molecule has 2 aromatic rings. The van der Waals surface area contributed by atoms with Crippen molar-refractivity contribution in [2.75, 3.05) is 24.6 Å². The number of hydrogen-bond acceptors (Lipinski definition) is 4. The molecule has 2 amide bonds. The van der Waals surface area contributed by atoms with Crippen molar-refractivity contribution >= 4 is 32.6 Å². The number of rotatable bonds is 7. The number of H-pyrrole nitrogens is 1. The topological polar surface area (TPSA) is 99.3 Å². The molecule has 1 atom stereocenters. The first-order chi connectivity index (χ1) is 12.9. The number of carbonyl (C=O) groups is 2. The first-order valence-corrected chi connectivity index (χ1v) is 11.0. The summed E-state index contributed by atoms with van der Waals surface area (Å²) in [5.41, 5.74) is 2.17. The highest BCUT2D eigenvalue weighted by Gasteiger charge is 2.34. The highest BCUT2D eigenvalue weighted by molar-refractivity contribution is 7.91. The maximum atomic E-state index is 12.4. The molecule has 2 heterocycles. The van der Waals surface area contributed by atoms with Crippen LogP contribution in [0.1, 0.15) is 25.3 Å². The highest BCUT2D eigenvalue weighted by atomic mass is 32.2. The quantitative estimate of drug-likeness (QED) is 0.694. The Balaban J connectivity index is 1.49. The third-order valence-electron chi connectivity index (χ3n) is 5.01. The zero-order chi connectivity index (χ0) is 19.4. The van der Waals surface area contributed by atoms with Crippen molar-refractivity contribution in [2.24, 2.45) is 0 Å². The van der Waals surface area contributed by atoms with Crippen LogP contribution in [0, 0.1) is 0 Å². The van der Waals surface area contributed by atoms with Crippen LogP contribution in [-0.4, -0.2) is 60.8 Å². The molecular weight excluding hydrogens is 366 g/mol. The largest absolute Gasteiger partial charge is 0.361 e. The number of aromatic amines is 1. The predicted molar refractivity (Wildman–Crippen MR) is 104 cm³/mol. The molecule has 7 nitrogen and oxygen atoms in total. The van der Waals surface area contributed by atoms with Crippen LogP contribution in [0.4, 0.5) is 0 Å². The molecule has 3 rings (SSSR count). The van der Waals surface area contributed by atoms with Crippen LogP contribution in [0.25, 0.3) is 10.9 Å². The predicted octanol–water partition coefficient (Wildman–Crippen LogP) is 1.25. The minimum Gasteiger partial charge on any atom is -0.361 e. The standard InChI is InChI=1S/C19H25N3O4S/c1-2-22(15-8-10-27(25,26)13-15)19(24)11-18(23)20-9-7-14-12-21-17-6-4-3-5-16(14)17/h3-6,12,15,21H,2,7-11,13H2,1H3,(H,20,23). The van der Waals surface area contributed by atoms with Crippen molar-refractivity contribution in [2.45, 2.75) is 32.2 Å². The van der Waals surface area contributed by atoms with Crippen molar-refractivity contribution in [1.82, 2.24) is 15.2 Å². The van der Waals surface area contributed by atoms with E-state index >= 15 is 0 Å². The Hall–Kier alpha value is -2.35. The Morgan fingerprint density at radius 2 is 2.07 bits per heavy atom. The normalized spacial score (nSPS) is 18.5. The van der Waals surface area contributed by atoms with Crippen LogP contribution in [-0.2, 0) is 25.8 Å². The van der Waals surface area contributed by atoms with Crippen molar-refractivity contribution in [3.8, 4) is 0 Å². The number of hydrogen-bond donors (Lipinski definition) is 2. The number of benzene rings is 1. The van der Waals surface area contributed by atoms with Gasteiger partial charge in [-0.05, 0) is 31.4 Å². The Bertz CT molecular complexity index is 935. The molecule has 1 unspecified atom stereocenters. The van der Waals surface area contributed by atoms with E-state index in [0.29, 0.717) is 25.9 Å². The van der Waals surface area contributed by atoms with Crippen LogP contribution in [0.15, 0.2) is 30.5 Å². The molecule has 8 heteroatoms. The van der Waals surface area contributed by atoms with Crippen LogP contribution in [0.5, 0.6) is 0 Å². The smallest absolute Gasteiger partial charge is 0.232 e. The van der Waals surface area contributed by atoms with Gasteiger partial charge in [-0.2, -0.15) is 0 Å². The average Bonchev–Trinajstić information content (AvgIpc) is 3.19. The van der Waals surface area contributed by atoms with Crippen LogP contribution < -0.4 is 5.32 Å². The van der Waals surface area contributed by atoms with Gasteiger partial charge in [0.05, 0.1) is 11.5 Å². The van der Waals surface area contributed by atoms with Gasteiger partial charge < -0.3 is 15.2 Å². The Kier molecular flexibility index (Phi) is 5.84. The van der Waals surface area contributed by atoms with Gasteiger partial charge in [-0.3, -0.25) is 9.59 Å². The molecule has 27 heavy (non-hydrogen) atoms. The van der Waals surface area contributed by atoms with Gasteiger partial charge in [0.25, 0.3) is 0 Å². The van der Waals surface area contributed by atoms with Gasteiger partial charge in [-0.1, -0.05) is 18.2 Å². The lowest BCUT2D eigenvalue weighted by Crippen LogP contribution is -2.43. The molecule has 1 aromatic carbocycles. The van der Waals surface area contributed by atoms with Crippen LogP contribution >= 0.6 is 0 Å². The Morgan fingerprint density at radius 1 is 1.30 bits per heavy atom. The molecular formula is C19H25N3O4S. The van der Waals surface area contributed by atoms with E-state index in [-0.39, 0.29) is 35.8 Å². The zero-order valence-electron chi connectivity index (χ0n) is 15.4. The van der Waals surface area contributed by atoms with Gasteiger partial charge in [0.15, 0.2) is 9.84 Å². The minimum atomic E-state index is -3.07. The summed E-state index contributed by atoms with van der Waals surface area (Å²) in [4.78, 5) is 29.3. The van der Waals surface area contributed by atoms with Crippen molar-refractivity contribution in [3.05, 3.63) is 36.0 Å². The van der Waals surface area contributed by atoms with Crippen LogP contribution in [0.3, 0.4) is 0 Å². The van der Waals surface area contributed by atoms with Gasteiger partial charge in [-0.25, -0.2) is 8.42 Å². The molecule has 1 aliphatic rings. The highest BCUT2D eigenvalue weighted by Crippen LogP contribution is 2.19. The second-order valence-electron chi connectivity index (χ2n) is 6.87. The number of sulfone groups is 1. The second kappa shape index (κ2) is 8.12. The van der Waals surface area contributed by atoms with Crippen molar-refractivity contribution in [3.63, 3.8) is 0 Å². The number of nitrogens with zero attached hydrogens (tertiary/aromatic N) is 1. The summed E-state index contributed by atoms with van der Waals surface area (Å²) in [6.07, 6.45) is 2.80. The maximum absolute atomic E-state index is 12.4.